The molecular weight excluding hydrogens is 242 g/mol. The lowest BCUT2D eigenvalue weighted by atomic mass is 9.97. The third kappa shape index (κ3) is 2.44. The van der Waals surface area contributed by atoms with Crippen LogP contribution in [-0.4, -0.2) is 12.8 Å². The van der Waals surface area contributed by atoms with Crippen molar-refractivity contribution < 1.29 is 0 Å². The topological polar surface area (TPSA) is 12.4 Å². The largest absolute Gasteiger partial charge is 0.293 e. The van der Waals surface area contributed by atoms with Gasteiger partial charge in [-0.15, -0.1) is 0 Å². The van der Waals surface area contributed by atoms with Crippen LogP contribution in [0.1, 0.15) is 25.3 Å². The number of hydrogen-bond donors (Lipinski definition) is 0. The van der Waals surface area contributed by atoms with Gasteiger partial charge in [0, 0.05) is 18.3 Å². The van der Waals surface area contributed by atoms with E-state index in [0.29, 0.717) is 0 Å². The van der Waals surface area contributed by atoms with Crippen molar-refractivity contribution in [1.29, 1.82) is 0 Å². The zero-order chi connectivity index (χ0) is 13.8. The van der Waals surface area contributed by atoms with Crippen molar-refractivity contribution in [2.24, 2.45) is 4.99 Å². The van der Waals surface area contributed by atoms with E-state index in [1.54, 1.807) is 0 Å². The molecule has 0 aliphatic rings. The van der Waals surface area contributed by atoms with Gasteiger partial charge in [0.2, 0.25) is 0 Å². The summed E-state index contributed by atoms with van der Waals surface area (Å²) in [5.41, 5.74) is 1.25. The number of unbranched alkanes of at least 4 members (excludes halogenated alkanes) is 1. The zero-order valence-electron chi connectivity index (χ0n) is 11.8. The Bertz CT molecular complexity index is 702. The summed E-state index contributed by atoms with van der Waals surface area (Å²) < 4.78 is 0. The van der Waals surface area contributed by atoms with Crippen molar-refractivity contribution in [3.05, 3.63) is 60.2 Å². The van der Waals surface area contributed by atoms with Gasteiger partial charge in [-0.2, -0.15) is 0 Å². The van der Waals surface area contributed by atoms with Gasteiger partial charge in [0.15, 0.2) is 0 Å². The fourth-order valence-corrected chi connectivity index (χ4v) is 2.59. The molecule has 3 rings (SSSR count). The van der Waals surface area contributed by atoms with Gasteiger partial charge in [0.1, 0.15) is 0 Å². The SMILES string of the molecule is CCCCN=Cc1c2ccccc2cc2ccccc12. The molecule has 0 amide bonds. The molecule has 0 aliphatic carbocycles. The maximum absolute atomic E-state index is 4.61. The summed E-state index contributed by atoms with van der Waals surface area (Å²) in [6, 6.07) is 19.3. The van der Waals surface area contributed by atoms with E-state index in [4.69, 9.17) is 0 Å². The lowest BCUT2D eigenvalue weighted by Crippen LogP contribution is -1.90. The highest BCUT2D eigenvalue weighted by atomic mass is 14.7. The smallest absolute Gasteiger partial charge is 0.0389 e. The molecule has 0 radical (unpaired) electrons. The van der Waals surface area contributed by atoms with Crippen LogP contribution < -0.4 is 0 Å². The number of aliphatic imine (C=N–C) groups is 1. The molecule has 1 nitrogen and oxygen atoms in total. The summed E-state index contributed by atoms with van der Waals surface area (Å²) in [5, 5.41) is 5.13. The normalized spacial score (nSPS) is 11.7. The molecule has 20 heavy (non-hydrogen) atoms. The van der Waals surface area contributed by atoms with Crippen LogP contribution in [0.2, 0.25) is 0 Å². The lowest BCUT2D eigenvalue weighted by Gasteiger charge is -2.07. The molecule has 0 N–H and O–H groups in total. The molecule has 0 bridgehead atoms. The highest BCUT2D eigenvalue weighted by molar-refractivity contribution is 6.13. The summed E-state index contributed by atoms with van der Waals surface area (Å²) in [6.07, 6.45) is 4.40. The maximum Gasteiger partial charge on any atom is 0.0389 e. The molecule has 0 heterocycles. The fourth-order valence-electron chi connectivity index (χ4n) is 2.59. The van der Waals surface area contributed by atoms with Crippen molar-refractivity contribution in [3.63, 3.8) is 0 Å². The van der Waals surface area contributed by atoms with E-state index in [9.17, 15) is 0 Å². The second kappa shape index (κ2) is 5.87. The van der Waals surface area contributed by atoms with Gasteiger partial charge < -0.3 is 0 Å². The third-order valence-corrected chi connectivity index (χ3v) is 3.67. The molecule has 0 saturated carbocycles. The molecule has 0 spiro atoms. The number of rotatable bonds is 4. The maximum atomic E-state index is 4.61. The lowest BCUT2D eigenvalue weighted by molar-refractivity contribution is 0.810. The molecule has 3 aromatic carbocycles. The average Bonchev–Trinajstić information content (AvgIpc) is 2.50. The van der Waals surface area contributed by atoms with Gasteiger partial charge in [0.25, 0.3) is 0 Å². The summed E-state index contributed by atoms with van der Waals surface area (Å²) in [6.45, 7) is 3.11. The van der Waals surface area contributed by atoms with Crippen LogP contribution in [0.4, 0.5) is 0 Å². The first-order chi connectivity index (χ1) is 9.90. The summed E-state index contributed by atoms with van der Waals surface area (Å²) >= 11 is 0. The highest BCUT2D eigenvalue weighted by Gasteiger charge is 2.04. The van der Waals surface area contributed by atoms with Gasteiger partial charge >= 0.3 is 0 Å². The van der Waals surface area contributed by atoms with E-state index in [0.717, 1.165) is 13.0 Å². The molecule has 0 atom stereocenters. The van der Waals surface area contributed by atoms with Gasteiger partial charge in [-0.25, -0.2) is 0 Å². The first kappa shape index (κ1) is 12.9. The number of hydrogen-bond acceptors (Lipinski definition) is 1. The second-order valence-corrected chi connectivity index (χ2v) is 5.12. The Morgan fingerprint density at radius 1 is 0.900 bits per heavy atom. The van der Waals surface area contributed by atoms with E-state index in [1.165, 1.54) is 33.5 Å². The molecule has 100 valence electrons. The second-order valence-electron chi connectivity index (χ2n) is 5.12. The first-order valence-corrected chi connectivity index (χ1v) is 7.30. The van der Waals surface area contributed by atoms with Gasteiger partial charge in [0.05, 0.1) is 0 Å². The minimum absolute atomic E-state index is 0.911. The molecule has 3 aromatic rings. The summed E-state index contributed by atoms with van der Waals surface area (Å²) in [7, 11) is 0. The summed E-state index contributed by atoms with van der Waals surface area (Å²) in [4.78, 5) is 4.61. The van der Waals surface area contributed by atoms with Crippen molar-refractivity contribution in [1.82, 2.24) is 0 Å². The van der Waals surface area contributed by atoms with Gasteiger partial charge in [-0.1, -0.05) is 61.9 Å². The van der Waals surface area contributed by atoms with Crippen LogP contribution in [0.15, 0.2) is 59.6 Å². The Kier molecular flexibility index (Phi) is 3.78. The fraction of sp³-hybridized carbons (Fsp3) is 0.211. The zero-order valence-corrected chi connectivity index (χ0v) is 11.8. The predicted octanol–water partition coefficient (Wildman–Crippen LogP) is 5.21. The molecular formula is C19H19N. The van der Waals surface area contributed by atoms with Crippen LogP contribution >= 0.6 is 0 Å². The number of fused-ring (bicyclic) bond motifs is 2. The van der Waals surface area contributed by atoms with Crippen LogP contribution in [0.25, 0.3) is 21.5 Å². The molecule has 0 fully saturated rings. The van der Waals surface area contributed by atoms with E-state index in [1.807, 2.05) is 0 Å². The molecule has 1 heteroatoms. The Balaban J connectivity index is 2.20. The predicted molar refractivity (Wildman–Crippen MR) is 88.8 cm³/mol. The van der Waals surface area contributed by atoms with E-state index < -0.39 is 0 Å². The van der Waals surface area contributed by atoms with Crippen molar-refractivity contribution in [3.8, 4) is 0 Å². The van der Waals surface area contributed by atoms with Gasteiger partial charge in [-0.3, -0.25) is 4.99 Å². The van der Waals surface area contributed by atoms with E-state index in [2.05, 4.69) is 72.7 Å². The number of benzene rings is 3. The molecule has 0 aliphatic heterocycles. The van der Waals surface area contributed by atoms with Crippen molar-refractivity contribution >= 4 is 27.8 Å². The van der Waals surface area contributed by atoms with Crippen molar-refractivity contribution in [2.75, 3.05) is 6.54 Å². The van der Waals surface area contributed by atoms with Crippen LogP contribution in [0.3, 0.4) is 0 Å². The molecule has 0 aromatic heterocycles. The minimum atomic E-state index is 0.911. The minimum Gasteiger partial charge on any atom is -0.293 e. The Morgan fingerprint density at radius 3 is 2.10 bits per heavy atom. The average molecular weight is 261 g/mol. The third-order valence-electron chi connectivity index (χ3n) is 3.67. The first-order valence-electron chi connectivity index (χ1n) is 7.30. The Morgan fingerprint density at radius 2 is 1.50 bits per heavy atom. The highest BCUT2D eigenvalue weighted by Crippen LogP contribution is 2.27. The van der Waals surface area contributed by atoms with E-state index >= 15 is 0 Å². The standard InChI is InChI=1S/C19H19N/c1-2-3-12-20-14-19-17-10-6-4-8-15(17)13-16-9-5-7-11-18(16)19/h4-11,13-14H,2-3,12H2,1H3. The monoisotopic (exact) mass is 261 g/mol. The Hall–Kier alpha value is -2.15. The van der Waals surface area contributed by atoms with E-state index in [-0.39, 0.29) is 0 Å². The van der Waals surface area contributed by atoms with Crippen LogP contribution in [0.5, 0.6) is 0 Å². The number of nitrogens with zero attached hydrogens (tertiary/aromatic N) is 1. The summed E-state index contributed by atoms with van der Waals surface area (Å²) in [5.74, 6) is 0. The van der Waals surface area contributed by atoms with Gasteiger partial charge in [-0.05, 0) is 34.0 Å². The van der Waals surface area contributed by atoms with Crippen LogP contribution in [-0.2, 0) is 0 Å². The molecule has 0 saturated heterocycles. The van der Waals surface area contributed by atoms with Crippen LogP contribution in [0, 0.1) is 0 Å². The quantitative estimate of drug-likeness (QED) is 0.347. The van der Waals surface area contributed by atoms with Crippen molar-refractivity contribution in [2.45, 2.75) is 19.8 Å². The molecule has 0 unspecified atom stereocenters. The Labute approximate surface area is 120 Å².